The van der Waals surface area contributed by atoms with Crippen LogP contribution >= 0.6 is 35.7 Å². The fraction of sp³-hybridized carbons (Fsp3) is 0.579. The van der Waals surface area contributed by atoms with Crippen molar-refractivity contribution in [3.05, 3.63) is 35.6 Å². The summed E-state index contributed by atoms with van der Waals surface area (Å²) < 4.78 is 12.9. The first-order valence-electron chi connectivity index (χ1n) is 9.28. The van der Waals surface area contributed by atoms with Gasteiger partial charge >= 0.3 is 0 Å². The molecule has 27 heavy (non-hydrogen) atoms. The van der Waals surface area contributed by atoms with Gasteiger partial charge in [0.25, 0.3) is 0 Å². The van der Waals surface area contributed by atoms with Gasteiger partial charge in [-0.1, -0.05) is 19.1 Å². The molecule has 1 atom stereocenters. The zero-order valence-electron chi connectivity index (χ0n) is 16.0. The van der Waals surface area contributed by atoms with Crippen LogP contribution in [0.4, 0.5) is 4.39 Å². The van der Waals surface area contributed by atoms with E-state index in [2.05, 4.69) is 34.4 Å². The highest BCUT2D eigenvalue weighted by atomic mass is 127. The number of benzene rings is 1. The summed E-state index contributed by atoms with van der Waals surface area (Å²) in [7, 11) is 0. The molecule has 0 spiro atoms. The fourth-order valence-electron chi connectivity index (χ4n) is 2.79. The van der Waals surface area contributed by atoms with Gasteiger partial charge in [0.1, 0.15) is 5.82 Å². The minimum Gasteiger partial charge on any atom is -0.357 e. The third-order valence-electron chi connectivity index (χ3n) is 4.20. The van der Waals surface area contributed by atoms with Gasteiger partial charge in [-0.3, -0.25) is 9.79 Å². The van der Waals surface area contributed by atoms with E-state index in [4.69, 9.17) is 0 Å². The van der Waals surface area contributed by atoms with Crippen molar-refractivity contribution in [1.82, 2.24) is 15.5 Å². The molecule has 1 amide bonds. The second-order valence-corrected chi connectivity index (χ2v) is 7.64. The first-order valence-corrected chi connectivity index (χ1v) is 10.3. The lowest BCUT2D eigenvalue weighted by Gasteiger charge is -2.34. The van der Waals surface area contributed by atoms with E-state index < -0.39 is 0 Å². The Kier molecular flexibility index (Phi) is 11.7. The van der Waals surface area contributed by atoms with Crippen molar-refractivity contribution in [2.75, 3.05) is 38.5 Å². The molecule has 8 heteroatoms. The van der Waals surface area contributed by atoms with Crippen molar-refractivity contribution in [3.8, 4) is 0 Å². The van der Waals surface area contributed by atoms with Crippen molar-refractivity contribution >= 4 is 47.6 Å². The van der Waals surface area contributed by atoms with Crippen molar-refractivity contribution in [2.24, 2.45) is 4.99 Å². The quantitative estimate of drug-likeness (QED) is 0.258. The maximum atomic E-state index is 12.9. The maximum Gasteiger partial charge on any atom is 0.224 e. The van der Waals surface area contributed by atoms with Crippen LogP contribution in [0.2, 0.25) is 0 Å². The van der Waals surface area contributed by atoms with Crippen molar-refractivity contribution in [1.29, 1.82) is 0 Å². The summed E-state index contributed by atoms with van der Waals surface area (Å²) in [5.74, 6) is 1.69. The van der Waals surface area contributed by atoms with Gasteiger partial charge in [0.05, 0.1) is 13.0 Å². The first kappa shape index (κ1) is 24.0. The zero-order valence-corrected chi connectivity index (χ0v) is 19.2. The van der Waals surface area contributed by atoms with Crippen molar-refractivity contribution in [3.63, 3.8) is 0 Å². The number of rotatable bonds is 7. The second-order valence-electron chi connectivity index (χ2n) is 6.24. The monoisotopic (exact) mass is 508 g/mol. The smallest absolute Gasteiger partial charge is 0.224 e. The number of nitrogens with one attached hydrogen (secondary N) is 2. The third kappa shape index (κ3) is 8.68. The van der Waals surface area contributed by atoms with Gasteiger partial charge in [0, 0.05) is 37.2 Å². The van der Waals surface area contributed by atoms with Crippen LogP contribution in [0.15, 0.2) is 29.3 Å². The highest BCUT2D eigenvalue weighted by molar-refractivity contribution is 14.0. The van der Waals surface area contributed by atoms with E-state index in [1.54, 1.807) is 12.1 Å². The maximum absolute atomic E-state index is 12.9. The molecule has 1 aliphatic rings. The highest BCUT2D eigenvalue weighted by Gasteiger charge is 2.21. The minimum absolute atomic E-state index is 0. The largest absolute Gasteiger partial charge is 0.357 e. The minimum atomic E-state index is -0.291. The van der Waals surface area contributed by atoms with Crippen molar-refractivity contribution < 1.29 is 9.18 Å². The predicted molar refractivity (Wildman–Crippen MR) is 123 cm³/mol. The Morgan fingerprint density at radius 3 is 2.70 bits per heavy atom. The van der Waals surface area contributed by atoms with Gasteiger partial charge < -0.3 is 15.5 Å². The molecule has 1 saturated heterocycles. The van der Waals surface area contributed by atoms with E-state index in [1.807, 2.05) is 11.8 Å². The normalized spacial score (nSPS) is 17.2. The van der Waals surface area contributed by atoms with Crippen LogP contribution in [0.25, 0.3) is 0 Å². The van der Waals surface area contributed by atoms with Crippen LogP contribution in [0.5, 0.6) is 0 Å². The molecule has 1 fully saturated rings. The van der Waals surface area contributed by atoms with E-state index in [1.165, 1.54) is 18.6 Å². The lowest BCUT2D eigenvalue weighted by Crippen LogP contribution is -2.48. The lowest BCUT2D eigenvalue weighted by molar-refractivity contribution is -0.120. The first-order chi connectivity index (χ1) is 12.6. The number of nitrogens with zero attached hydrogens (tertiary/aromatic N) is 2. The number of guanidine groups is 1. The van der Waals surface area contributed by atoms with Gasteiger partial charge in [-0.15, -0.1) is 24.0 Å². The van der Waals surface area contributed by atoms with E-state index in [9.17, 15) is 9.18 Å². The summed E-state index contributed by atoms with van der Waals surface area (Å²) in [6.45, 7) is 8.18. The topological polar surface area (TPSA) is 56.7 Å². The number of aliphatic imine (C=N–C) groups is 1. The van der Waals surface area contributed by atoms with E-state index in [0.717, 1.165) is 36.9 Å². The molecule has 1 aromatic carbocycles. The van der Waals surface area contributed by atoms with Gasteiger partial charge in [0.2, 0.25) is 5.91 Å². The Balaban J connectivity index is 0.00000364. The molecule has 2 rings (SSSR count). The zero-order chi connectivity index (χ0) is 18.8. The SMILES string of the molecule is CCNC(=NCCNC(=O)Cc1ccc(F)cc1)N1CCSC(CC)C1.I. The summed E-state index contributed by atoms with van der Waals surface area (Å²) in [5, 5.41) is 6.88. The van der Waals surface area contributed by atoms with Crippen LogP contribution < -0.4 is 10.6 Å². The summed E-state index contributed by atoms with van der Waals surface area (Å²) in [6, 6.07) is 6.01. The van der Waals surface area contributed by atoms with Crippen molar-refractivity contribution in [2.45, 2.75) is 31.9 Å². The molecule has 2 N–H and O–H groups in total. The Labute approximate surface area is 183 Å². The molecule has 0 aromatic heterocycles. The average Bonchev–Trinajstić information content (AvgIpc) is 2.66. The summed E-state index contributed by atoms with van der Waals surface area (Å²) in [4.78, 5) is 18.9. The molecular weight excluding hydrogens is 478 g/mol. The fourth-order valence-corrected chi connectivity index (χ4v) is 3.97. The molecule has 1 aliphatic heterocycles. The number of hydrogen-bond donors (Lipinski definition) is 2. The number of hydrogen-bond acceptors (Lipinski definition) is 3. The molecular formula is C19H30FIN4OS. The number of halogens is 2. The van der Waals surface area contributed by atoms with Gasteiger partial charge in [-0.05, 0) is 31.0 Å². The van der Waals surface area contributed by atoms with Crippen LogP contribution in [-0.2, 0) is 11.2 Å². The average molecular weight is 508 g/mol. The highest BCUT2D eigenvalue weighted by Crippen LogP contribution is 2.20. The van der Waals surface area contributed by atoms with Crippen LogP contribution in [0.1, 0.15) is 25.8 Å². The summed E-state index contributed by atoms with van der Waals surface area (Å²) in [5.41, 5.74) is 0.803. The third-order valence-corrected chi connectivity index (χ3v) is 5.57. The molecule has 1 heterocycles. The van der Waals surface area contributed by atoms with Crippen LogP contribution in [0, 0.1) is 5.82 Å². The molecule has 1 aromatic rings. The van der Waals surface area contributed by atoms with Gasteiger partial charge in [-0.25, -0.2) is 4.39 Å². The molecule has 0 saturated carbocycles. The number of carbonyl (C=O) groups is 1. The van der Waals surface area contributed by atoms with E-state index in [0.29, 0.717) is 18.3 Å². The Bertz CT molecular complexity index is 600. The van der Waals surface area contributed by atoms with Gasteiger partial charge in [0.15, 0.2) is 5.96 Å². The lowest BCUT2D eigenvalue weighted by atomic mass is 10.1. The number of thioether (sulfide) groups is 1. The Hall–Kier alpha value is -1.03. The van der Waals surface area contributed by atoms with Crippen LogP contribution in [-0.4, -0.2) is 60.5 Å². The summed E-state index contributed by atoms with van der Waals surface area (Å²) >= 11 is 2.03. The molecule has 1 unspecified atom stereocenters. The molecule has 152 valence electrons. The predicted octanol–water partition coefficient (Wildman–Crippen LogP) is 2.90. The molecule has 0 bridgehead atoms. The second kappa shape index (κ2) is 13.2. The van der Waals surface area contributed by atoms with E-state index >= 15 is 0 Å². The molecule has 0 radical (unpaired) electrons. The van der Waals surface area contributed by atoms with Crippen LogP contribution in [0.3, 0.4) is 0 Å². The molecule has 0 aliphatic carbocycles. The summed E-state index contributed by atoms with van der Waals surface area (Å²) in [6.07, 6.45) is 1.42. The molecule has 5 nitrogen and oxygen atoms in total. The van der Waals surface area contributed by atoms with E-state index in [-0.39, 0.29) is 42.1 Å². The standard InChI is InChI=1S/C19H29FN4OS.HI/c1-3-17-14-24(11-12-26-17)19(21-4-2)23-10-9-22-18(25)13-15-5-7-16(20)8-6-15;/h5-8,17H,3-4,9-14H2,1-2H3,(H,21,23)(H,22,25);1H. The Morgan fingerprint density at radius 2 is 2.04 bits per heavy atom. The Morgan fingerprint density at radius 1 is 1.30 bits per heavy atom. The number of amides is 1. The number of carbonyl (C=O) groups excluding carboxylic acids is 1. The van der Waals surface area contributed by atoms with Gasteiger partial charge in [-0.2, -0.15) is 11.8 Å².